The molecule has 0 aliphatic heterocycles. The summed E-state index contributed by atoms with van der Waals surface area (Å²) in [4.78, 5) is 11.9. The van der Waals surface area contributed by atoms with Gasteiger partial charge in [0, 0.05) is 6.54 Å². The van der Waals surface area contributed by atoms with Gasteiger partial charge in [0.25, 0.3) is 5.91 Å². The summed E-state index contributed by atoms with van der Waals surface area (Å²) in [6, 6.07) is 28.0. The summed E-state index contributed by atoms with van der Waals surface area (Å²) in [5, 5.41) is 3.45. The van der Waals surface area contributed by atoms with E-state index in [2.05, 4.69) is 28.3 Å². The second kappa shape index (κ2) is 11.6. The van der Waals surface area contributed by atoms with Gasteiger partial charge in [0.05, 0.1) is 0 Å². The smallest absolute Gasteiger partial charge is 0.276 e. The van der Waals surface area contributed by atoms with E-state index in [1.165, 1.54) is 5.56 Å². The average molecular weight is 420 g/mol. The zero-order valence-corrected chi connectivity index (χ0v) is 17.5. The Morgan fingerprint density at radius 2 is 1.43 bits per heavy atom. The monoisotopic (exact) mass is 419 g/mol. The summed E-state index contributed by atoms with van der Waals surface area (Å²) in [6.45, 7) is 0.620. The van der Waals surface area contributed by atoms with Crippen LogP contribution in [0.2, 0.25) is 0 Å². The number of benzene rings is 3. The summed E-state index contributed by atoms with van der Waals surface area (Å²) in [5.74, 6) is 0.321. The second-order valence-electron chi connectivity index (χ2n) is 6.70. The standard InChI is InChI=1S/C24H25N3O2S/c28-23(26-27-24(30)25-17-7-10-19-8-3-1-4-9-19)18-29-22-15-13-21(14-16-22)20-11-5-2-6-12-20/h1-6,8-9,11-16H,7,10,17-18H2,(H,26,28)(H2,25,27,30). The minimum Gasteiger partial charge on any atom is -0.484 e. The number of nitrogens with one attached hydrogen (secondary N) is 3. The highest BCUT2D eigenvalue weighted by molar-refractivity contribution is 7.80. The number of hydrogen-bond acceptors (Lipinski definition) is 3. The molecule has 0 aliphatic carbocycles. The van der Waals surface area contributed by atoms with Crippen LogP contribution in [-0.2, 0) is 11.2 Å². The van der Waals surface area contributed by atoms with Crippen LogP contribution in [0, 0.1) is 0 Å². The Labute approximate surface area is 182 Å². The SMILES string of the molecule is O=C(COc1ccc(-c2ccccc2)cc1)NNC(=S)NCCCc1ccccc1. The van der Waals surface area contributed by atoms with Crippen LogP contribution in [0.3, 0.4) is 0 Å². The third-order valence-electron chi connectivity index (χ3n) is 4.42. The Morgan fingerprint density at radius 3 is 2.13 bits per heavy atom. The fourth-order valence-corrected chi connectivity index (χ4v) is 3.02. The van der Waals surface area contributed by atoms with E-state index in [-0.39, 0.29) is 12.5 Å². The predicted octanol–water partition coefficient (Wildman–Crippen LogP) is 3.86. The van der Waals surface area contributed by atoms with E-state index >= 15 is 0 Å². The minimum atomic E-state index is -0.310. The van der Waals surface area contributed by atoms with Crippen LogP contribution in [0.1, 0.15) is 12.0 Å². The van der Waals surface area contributed by atoms with Crippen molar-refractivity contribution in [1.29, 1.82) is 0 Å². The lowest BCUT2D eigenvalue weighted by Crippen LogP contribution is -2.48. The Morgan fingerprint density at radius 1 is 0.800 bits per heavy atom. The molecule has 0 atom stereocenters. The first kappa shape index (κ1) is 21.3. The maximum atomic E-state index is 11.9. The number of ether oxygens (including phenoxy) is 1. The van der Waals surface area contributed by atoms with Crippen molar-refractivity contribution in [2.75, 3.05) is 13.2 Å². The molecule has 0 saturated carbocycles. The zero-order chi connectivity index (χ0) is 21.0. The minimum absolute atomic E-state index is 0.103. The summed E-state index contributed by atoms with van der Waals surface area (Å²) < 4.78 is 5.52. The van der Waals surface area contributed by atoms with Gasteiger partial charge in [-0.2, -0.15) is 0 Å². The molecule has 0 unspecified atom stereocenters. The van der Waals surface area contributed by atoms with E-state index in [9.17, 15) is 4.79 Å². The number of carbonyl (C=O) groups is 1. The summed E-state index contributed by atoms with van der Waals surface area (Å²) >= 11 is 5.16. The molecule has 3 aromatic rings. The highest BCUT2D eigenvalue weighted by Crippen LogP contribution is 2.21. The van der Waals surface area contributed by atoms with Crippen LogP contribution in [0.4, 0.5) is 0 Å². The molecule has 0 saturated heterocycles. The van der Waals surface area contributed by atoms with Crippen LogP contribution in [0.5, 0.6) is 5.75 Å². The van der Waals surface area contributed by atoms with Crippen molar-refractivity contribution < 1.29 is 9.53 Å². The van der Waals surface area contributed by atoms with Gasteiger partial charge >= 0.3 is 0 Å². The molecule has 0 fully saturated rings. The van der Waals surface area contributed by atoms with Gasteiger partial charge in [-0.1, -0.05) is 72.8 Å². The molecule has 0 bridgehead atoms. The number of amides is 1. The normalized spacial score (nSPS) is 10.1. The predicted molar refractivity (Wildman–Crippen MR) is 124 cm³/mol. The molecule has 30 heavy (non-hydrogen) atoms. The van der Waals surface area contributed by atoms with Gasteiger partial charge < -0.3 is 10.1 Å². The molecule has 5 nitrogen and oxygen atoms in total. The van der Waals surface area contributed by atoms with Gasteiger partial charge in [-0.3, -0.25) is 15.6 Å². The molecule has 3 aromatic carbocycles. The highest BCUT2D eigenvalue weighted by atomic mass is 32.1. The maximum absolute atomic E-state index is 11.9. The topological polar surface area (TPSA) is 62.4 Å². The van der Waals surface area contributed by atoms with E-state index < -0.39 is 0 Å². The lowest BCUT2D eigenvalue weighted by atomic mass is 10.1. The van der Waals surface area contributed by atoms with Gasteiger partial charge in [0.1, 0.15) is 5.75 Å². The van der Waals surface area contributed by atoms with Crippen molar-refractivity contribution in [3.05, 3.63) is 90.5 Å². The van der Waals surface area contributed by atoms with Crippen molar-refractivity contribution in [2.24, 2.45) is 0 Å². The van der Waals surface area contributed by atoms with Crippen LogP contribution in [0.25, 0.3) is 11.1 Å². The number of carbonyl (C=O) groups excluding carboxylic acids is 1. The van der Waals surface area contributed by atoms with Gasteiger partial charge in [-0.15, -0.1) is 0 Å². The van der Waals surface area contributed by atoms with Gasteiger partial charge in [-0.25, -0.2) is 0 Å². The third-order valence-corrected chi connectivity index (χ3v) is 4.66. The van der Waals surface area contributed by atoms with Gasteiger partial charge in [0.2, 0.25) is 0 Å². The van der Waals surface area contributed by atoms with E-state index in [0.29, 0.717) is 10.9 Å². The number of thiocarbonyl (C=S) groups is 1. The lowest BCUT2D eigenvalue weighted by Gasteiger charge is -2.12. The third kappa shape index (κ3) is 7.22. The van der Waals surface area contributed by atoms with Crippen LogP contribution < -0.4 is 20.9 Å². The molecule has 0 aromatic heterocycles. The first-order chi connectivity index (χ1) is 14.7. The highest BCUT2D eigenvalue weighted by Gasteiger charge is 2.04. The second-order valence-corrected chi connectivity index (χ2v) is 7.11. The number of hydrazine groups is 1. The molecule has 3 rings (SSSR count). The first-order valence-corrected chi connectivity index (χ1v) is 10.3. The van der Waals surface area contributed by atoms with E-state index in [1.807, 2.05) is 72.8 Å². The molecule has 154 valence electrons. The van der Waals surface area contributed by atoms with Gasteiger partial charge in [-0.05, 0) is 53.9 Å². The largest absolute Gasteiger partial charge is 0.484 e. The quantitative estimate of drug-likeness (QED) is 0.294. The fraction of sp³-hybridized carbons (Fsp3) is 0.167. The molecule has 6 heteroatoms. The van der Waals surface area contributed by atoms with E-state index in [4.69, 9.17) is 17.0 Å². The summed E-state index contributed by atoms with van der Waals surface area (Å²) in [7, 11) is 0. The number of rotatable bonds is 8. The molecule has 0 radical (unpaired) electrons. The van der Waals surface area contributed by atoms with Crippen molar-refractivity contribution in [1.82, 2.24) is 16.2 Å². The molecule has 0 heterocycles. The molecular formula is C24H25N3O2S. The Balaban J connectivity index is 1.30. The number of aryl methyl sites for hydroxylation is 1. The fourth-order valence-electron chi connectivity index (χ4n) is 2.87. The van der Waals surface area contributed by atoms with Crippen LogP contribution in [-0.4, -0.2) is 24.2 Å². The Kier molecular flexibility index (Phi) is 8.23. The molecule has 0 aliphatic rings. The first-order valence-electron chi connectivity index (χ1n) is 9.85. The number of hydrogen-bond donors (Lipinski definition) is 3. The van der Waals surface area contributed by atoms with E-state index in [1.54, 1.807) is 0 Å². The molecule has 3 N–H and O–H groups in total. The van der Waals surface area contributed by atoms with Crippen LogP contribution >= 0.6 is 12.2 Å². The van der Waals surface area contributed by atoms with Crippen molar-refractivity contribution in [3.63, 3.8) is 0 Å². The lowest BCUT2D eigenvalue weighted by molar-refractivity contribution is -0.123. The summed E-state index contributed by atoms with van der Waals surface area (Å²) in [5.41, 5.74) is 8.74. The average Bonchev–Trinajstić information content (AvgIpc) is 2.81. The van der Waals surface area contributed by atoms with Crippen molar-refractivity contribution in [3.8, 4) is 16.9 Å². The Bertz CT molecular complexity index is 932. The van der Waals surface area contributed by atoms with Crippen molar-refractivity contribution in [2.45, 2.75) is 12.8 Å². The molecular weight excluding hydrogens is 394 g/mol. The molecule has 0 spiro atoms. The zero-order valence-electron chi connectivity index (χ0n) is 16.6. The van der Waals surface area contributed by atoms with Gasteiger partial charge in [0.15, 0.2) is 11.7 Å². The van der Waals surface area contributed by atoms with E-state index in [0.717, 1.165) is 30.5 Å². The van der Waals surface area contributed by atoms with Crippen molar-refractivity contribution >= 4 is 23.2 Å². The Hall–Kier alpha value is -3.38. The maximum Gasteiger partial charge on any atom is 0.276 e. The summed E-state index contributed by atoms with van der Waals surface area (Å²) in [6.07, 6.45) is 1.92. The molecule has 1 amide bonds. The van der Waals surface area contributed by atoms with Crippen LogP contribution in [0.15, 0.2) is 84.9 Å².